The lowest BCUT2D eigenvalue weighted by Crippen LogP contribution is -2.12. The van der Waals surface area contributed by atoms with Crippen molar-refractivity contribution in [3.05, 3.63) is 35.0 Å². The standard InChI is InChI=1S/C13H14ClNO/c1-13(2,3)12-9-6-8(16)4-5-11(9)15-7-10(12)14/h4-7,16H,1-3H3. The molecule has 16 heavy (non-hydrogen) atoms. The second kappa shape index (κ2) is 3.63. The van der Waals surface area contributed by atoms with Crippen molar-refractivity contribution in [2.24, 2.45) is 0 Å². The highest BCUT2D eigenvalue weighted by molar-refractivity contribution is 6.32. The van der Waals surface area contributed by atoms with Crippen LogP contribution in [0.15, 0.2) is 24.4 Å². The summed E-state index contributed by atoms with van der Waals surface area (Å²) in [5.74, 6) is 0.238. The van der Waals surface area contributed by atoms with E-state index in [0.717, 1.165) is 16.5 Å². The molecule has 0 unspecified atom stereocenters. The summed E-state index contributed by atoms with van der Waals surface area (Å²) < 4.78 is 0. The highest BCUT2D eigenvalue weighted by Gasteiger charge is 2.21. The Balaban J connectivity index is 2.88. The average molecular weight is 236 g/mol. The second-order valence-electron chi connectivity index (χ2n) is 4.93. The number of hydrogen-bond acceptors (Lipinski definition) is 2. The van der Waals surface area contributed by atoms with Gasteiger partial charge < -0.3 is 5.11 Å². The molecule has 0 aliphatic carbocycles. The molecule has 1 aromatic carbocycles. The van der Waals surface area contributed by atoms with E-state index in [0.29, 0.717) is 5.02 Å². The van der Waals surface area contributed by atoms with Gasteiger partial charge in [-0.05, 0) is 29.2 Å². The Morgan fingerprint density at radius 2 is 1.94 bits per heavy atom. The maximum absolute atomic E-state index is 9.54. The topological polar surface area (TPSA) is 33.1 Å². The van der Waals surface area contributed by atoms with Crippen molar-refractivity contribution in [3.8, 4) is 5.75 Å². The number of aromatic hydroxyl groups is 1. The van der Waals surface area contributed by atoms with Crippen LogP contribution in [0.1, 0.15) is 26.3 Å². The Kier molecular flexibility index (Phi) is 2.55. The number of rotatable bonds is 0. The highest BCUT2D eigenvalue weighted by Crippen LogP contribution is 2.35. The molecule has 3 heteroatoms. The number of phenolic OH excluding ortho intramolecular Hbond substituents is 1. The van der Waals surface area contributed by atoms with E-state index in [4.69, 9.17) is 11.6 Å². The van der Waals surface area contributed by atoms with Crippen molar-refractivity contribution in [1.82, 2.24) is 4.98 Å². The van der Waals surface area contributed by atoms with Gasteiger partial charge in [0.1, 0.15) is 5.75 Å². The molecule has 0 aliphatic heterocycles. The van der Waals surface area contributed by atoms with E-state index in [1.54, 1.807) is 24.4 Å². The number of benzene rings is 1. The highest BCUT2D eigenvalue weighted by atomic mass is 35.5. The Bertz CT molecular complexity index is 538. The molecule has 0 atom stereocenters. The zero-order valence-corrected chi connectivity index (χ0v) is 10.3. The van der Waals surface area contributed by atoms with E-state index in [2.05, 4.69) is 25.8 Å². The van der Waals surface area contributed by atoms with Crippen molar-refractivity contribution >= 4 is 22.5 Å². The number of nitrogens with zero attached hydrogens (tertiary/aromatic N) is 1. The summed E-state index contributed by atoms with van der Waals surface area (Å²) in [6, 6.07) is 5.15. The lowest BCUT2D eigenvalue weighted by molar-refractivity contribution is 0.476. The van der Waals surface area contributed by atoms with Crippen molar-refractivity contribution < 1.29 is 5.11 Å². The monoisotopic (exact) mass is 235 g/mol. The molecule has 0 bridgehead atoms. The molecule has 2 aromatic rings. The lowest BCUT2D eigenvalue weighted by atomic mass is 9.85. The molecule has 0 saturated carbocycles. The van der Waals surface area contributed by atoms with Crippen LogP contribution in [-0.4, -0.2) is 10.1 Å². The summed E-state index contributed by atoms with van der Waals surface area (Å²) in [4.78, 5) is 4.25. The van der Waals surface area contributed by atoms with Crippen molar-refractivity contribution in [2.75, 3.05) is 0 Å². The molecule has 0 aliphatic rings. The quantitative estimate of drug-likeness (QED) is 0.752. The van der Waals surface area contributed by atoms with Gasteiger partial charge in [0.25, 0.3) is 0 Å². The van der Waals surface area contributed by atoms with Crippen LogP contribution in [0.2, 0.25) is 5.02 Å². The largest absolute Gasteiger partial charge is 0.508 e. The van der Waals surface area contributed by atoms with Gasteiger partial charge in [-0.15, -0.1) is 0 Å². The zero-order chi connectivity index (χ0) is 11.9. The first-order chi connectivity index (χ1) is 7.39. The number of phenols is 1. The average Bonchev–Trinajstić information content (AvgIpc) is 2.14. The van der Waals surface area contributed by atoms with E-state index in [-0.39, 0.29) is 11.2 Å². The van der Waals surface area contributed by atoms with Crippen LogP contribution >= 0.6 is 11.6 Å². The number of halogens is 1. The number of fused-ring (bicyclic) bond motifs is 1. The fraction of sp³-hybridized carbons (Fsp3) is 0.308. The predicted octanol–water partition coefficient (Wildman–Crippen LogP) is 3.89. The van der Waals surface area contributed by atoms with Gasteiger partial charge in [-0.3, -0.25) is 4.98 Å². The van der Waals surface area contributed by atoms with Gasteiger partial charge in [-0.25, -0.2) is 0 Å². The fourth-order valence-corrected chi connectivity index (χ4v) is 2.35. The summed E-state index contributed by atoms with van der Waals surface area (Å²) in [5.41, 5.74) is 1.80. The third-order valence-electron chi connectivity index (χ3n) is 2.56. The SMILES string of the molecule is CC(C)(C)c1c(Cl)cnc2ccc(O)cc12. The van der Waals surface area contributed by atoms with Crippen LogP contribution in [0, 0.1) is 0 Å². The van der Waals surface area contributed by atoms with Crippen LogP contribution in [-0.2, 0) is 5.41 Å². The van der Waals surface area contributed by atoms with Gasteiger partial charge in [0.05, 0.1) is 10.5 Å². The van der Waals surface area contributed by atoms with E-state index in [1.165, 1.54) is 0 Å². The maximum Gasteiger partial charge on any atom is 0.116 e. The van der Waals surface area contributed by atoms with Crippen molar-refractivity contribution in [2.45, 2.75) is 26.2 Å². The van der Waals surface area contributed by atoms with Crippen LogP contribution in [0.5, 0.6) is 5.75 Å². The van der Waals surface area contributed by atoms with Crippen molar-refractivity contribution in [1.29, 1.82) is 0 Å². The van der Waals surface area contributed by atoms with Crippen LogP contribution < -0.4 is 0 Å². The molecule has 2 rings (SSSR count). The van der Waals surface area contributed by atoms with Crippen molar-refractivity contribution in [3.63, 3.8) is 0 Å². The third-order valence-corrected chi connectivity index (χ3v) is 2.84. The first-order valence-corrected chi connectivity index (χ1v) is 5.55. The molecule has 0 spiro atoms. The minimum Gasteiger partial charge on any atom is -0.508 e. The molecular weight excluding hydrogens is 222 g/mol. The lowest BCUT2D eigenvalue weighted by Gasteiger charge is -2.22. The predicted molar refractivity (Wildman–Crippen MR) is 67.1 cm³/mol. The first kappa shape index (κ1) is 11.2. The minimum absolute atomic E-state index is 0.0773. The van der Waals surface area contributed by atoms with Gasteiger partial charge >= 0.3 is 0 Å². The summed E-state index contributed by atoms with van der Waals surface area (Å²) in [7, 11) is 0. The Morgan fingerprint density at radius 3 is 2.56 bits per heavy atom. The normalized spacial score (nSPS) is 12.0. The van der Waals surface area contributed by atoms with Crippen LogP contribution in [0.4, 0.5) is 0 Å². The molecule has 0 amide bonds. The van der Waals surface area contributed by atoms with Gasteiger partial charge in [-0.1, -0.05) is 32.4 Å². The van der Waals surface area contributed by atoms with Gasteiger partial charge in [-0.2, -0.15) is 0 Å². The molecule has 0 radical (unpaired) electrons. The van der Waals surface area contributed by atoms with Gasteiger partial charge in [0, 0.05) is 11.6 Å². The first-order valence-electron chi connectivity index (χ1n) is 5.17. The summed E-state index contributed by atoms with van der Waals surface area (Å²) in [6.07, 6.45) is 1.67. The summed E-state index contributed by atoms with van der Waals surface area (Å²) >= 11 is 6.20. The Hall–Kier alpha value is -1.28. The maximum atomic E-state index is 9.54. The minimum atomic E-state index is -0.0773. The summed E-state index contributed by atoms with van der Waals surface area (Å²) in [6.45, 7) is 6.28. The molecule has 1 heterocycles. The molecular formula is C13H14ClNO. The van der Waals surface area contributed by atoms with Crippen LogP contribution in [0.3, 0.4) is 0 Å². The third kappa shape index (κ3) is 1.85. The van der Waals surface area contributed by atoms with E-state index >= 15 is 0 Å². The van der Waals surface area contributed by atoms with E-state index in [1.807, 2.05) is 0 Å². The fourth-order valence-electron chi connectivity index (χ4n) is 1.92. The Labute approximate surface area is 99.9 Å². The molecule has 0 fully saturated rings. The zero-order valence-electron chi connectivity index (χ0n) is 9.58. The number of hydrogen-bond donors (Lipinski definition) is 1. The number of pyridine rings is 1. The number of aromatic nitrogens is 1. The summed E-state index contributed by atoms with van der Waals surface area (Å²) in [5, 5.41) is 11.1. The molecule has 2 nitrogen and oxygen atoms in total. The molecule has 0 saturated heterocycles. The van der Waals surface area contributed by atoms with Gasteiger partial charge in [0.15, 0.2) is 0 Å². The van der Waals surface area contributed by atoms with Crippen LogP contribution in [0.25, 0.3) is 10.9 Å². The molecule has 1 N–H and O–H groups in total. The van der Waals surface area contributed by atoms with E-state index < -0.39 is 0 Å². The van der Waals surface area contributed by atoms with E-state index in [9.17, 15) is 5.11 Å². The molecule has 84 valence electrons. The Morgan fingerprint density at radius 1 is 1.25 bits per heavy atom. The van der Waals surface area contributed by atoms with Gasteiger partial charge in [0.2, 0.25) is 0 Å². The molecule has 1 aromatic heterocycles. The smallest absolute Gasteiger partial charge is 0.116 e. The second-order valence-corrected chi connectivity index (χ2v) is 5.34.